The number of nitrogens with one attached hydrogen (secondary N) is 1. The minimum Gasteiger partial charge on any atom is -0.507 e. The average molecular weight is 603 g/mol. The summed E-state index contributed by atoms with van der Waals surface area (Å²) in [5.74, 6) is -11.6. The van der Waals surface area contributed by atoms with Gasteiger partial charge >= 0.3 is 0 Å². The number of nitrogens with zero attached hydrogens (tertiary/aromatic N) is 2. The first-order valence-corrected chi connectivity index (χ1v) is 14.6. The van der Waals surface area contributed by atoms with E-state index in [0.717, 1.165) is 0 Å². The average Bonchev–Trinajstić information content (AvgIpc) is 3.23. The van der Waals surface area contributed by atoms with Crippen LogP contribution in [0.25, 0.3) is 0 Å². The van der Waals surface area contributed by atoms with Crippen LogP contribution in [-0.2, 0) is 42.2 Å². The number of phenols is 1. The smallest absolute Gasteiger partial charge is 0.246 e. The fourth-order valence-electron chi connectivity index (χ4n) is 6.94. The summed E-state index contributed by atoms with van der Waals surface area (Å²) in [6, 6.07) is 1.42. The van der Waals surface area contributed by atoms with Crippen LogP contribution >= 0.6 is 0 Å². The molecule has 6 atom stereocenters. The van der Waals surface area contributed by atoms with Crippen LogP contribution in [0.2, 0.25) is 0 Å². The molecule has 0 radical (unpaired) electrons. The number of Topliss-reactive ketones (excluding diaryl/α,β-unsaturated/α-hetero) is 4. The van der Waals surface area contributed by atoms with Gasteiger partial charge in [0, 0.05) is 12.5 Å². The zero-order valence-electron chi connectivity index (χ0n) is 23.2. The van der Waals surface area contributed by atoms with Crippen molar-refractivity contribution in [1.29, 1.82) is 0 Å². The molecule has 5 N–H and O–H groups in total. The molecular formula is C27H30N4O10S. The van der Waals surface area contributed by atoms with Crippen molar-refractivity contribution in [3.05, 3.63) is 40.3 Å². The number of aliphatic hydroxyl groups is 1. The number of aryl methyl sites for hydroxylation is 2. The second kappa shape index (κ2) is 9.90. The van der Waals surface area contributed by atoms with E-state index in [4.69, 9.17) is 10.3 Å². The highest BCUT2D eigenvalue weighted by Crippen LogP contribution is 2.51. The number of nitrogens with two attached hydrogens (primary N) is 1. The zero-order valence-corrected chi connectivity index (χ0v) is 24.0. The molecule has 2 aromatic rings. The number of carbonyl (C=O) groups excluding carboxylic acids is 5. The molecule has 1 aromatic carbocycles. The zero-order chi connectivity index (χ0) is 31.0. The Morgan fingerprint density at radius 2 is 1.86 bits per heavy atom. The lowest BCUT2D eigenvalue weighted by Crippen LogP contribution is -2.74. The molecular weight excluding hydrogens is 572 g/mol. The number of primary amides is 1. The van der Waals surface area contributed by atoms with Gasteiger partial charge in [0.2, 0.25) is 15.9 Å². The van der Waals surface area contributed by atoms with E-state index < -0.39 is 80.1 Å². The third kappa shape index (κ3) is 4.13. The Morgan fingerprint density at radius 3 is 2.43 bits per heavy atom. The lowest BCUT2D eigenvalue weighted by atomic mass is 9.52. The first-order valence-electron chi connectivity index (χ1n) is 13.1. The van der Waals surface area contributed by atoms with E-state index in [9.17, 15) is 42.6 Å². The second-order valence-corrected chi connectivity index (χ2v) is 13.1. The number of hydrogen-bond acceptors (Lipinski definition) is 12. The van der Waals surface area contributed by atoms with E-state index >= 15 is 0 Å². The van der Waals surface area contributed by atoms with E-state index in [2.05, 4.69) is 9.88 Å². The van der Waals surface area contributed by atoms with Crippen LogP contribution in [0.4, 0.5) is 0 Å². The normalized spacial score (nSPS) is 29.3. The number of aromatic hydroxyl groups is 1. The van der Waals surface area contributed by atoms with Gasteiger partial charge in [-0.25, -0.2) is 13.1 Å². The van der Waals surface area contributed by atoms with Crippen molar-refractivity contribution in [2.45, 2.75) is 49.8 Å². The van der Waals surface area contributed by atoms with Gasteiger partial charge in [-0.05, 0) is 63.9 Å². The summed E-state index contributed by atoms with van der Waals surface area (Å²) < 4.78 is 33.4. The largest absolute Gasteiger partial charge is 0.507 e. The van der Waals surface area contributed by atoms with E-state index in [1.54, 1.807) is 0 Å². The van der Waals surface area contributed by atoms with Crippen molar-refractivity contribution in [1.82, 2.24) is 14.8 Å². The first-order chi connectivity index (χ1) is 19.5. The van der Waals surface area contributed by atoms with Crippen LogP contribution in [0.5, 0.6) is 5.75 Å². The predicted molar refractivity (Wildman–Crippen MR) is 141 cm³/mol. The van der Waals surface area contributed by atoms with Crippen LogP contribution in [0.1, 0.15) is 39.4 Å². The number of ketones is 4. The number of likely N-dealkylation sites (N-methyl/N-ethyl adjacent to an activating group) is 1. The van der Waals surface area contributed by atoms with Crippen LogP contribution in [0, 0.1) is 37.5 Å². The molecule has 3 aliphatic rings. The third-order valence-electron chi connectivity index (χ3n) is 8.73. The van der Waals surface area contributed by atoms with Crippen molar-refractivity contribution >= 4 is 39.1 Å². The molecule has 0 aliphatic heterocycles. The maximum absolute atomic E-state index is 13.9. The van der Waals surface area contributed by atoms with Gasteiger partial charge in [-0.15, -0.1) is 0 Å². The molecule has 1 amide bonds. The molecule has 2 fully saturated rings. The molecule has 0 spiro atoms. The van der Waals surface area contributed by atoms with E-state index in [-0.39, 0.29) is 41.3 Å². The Hall–Kier alpha value is -3.79. The van der Waals surface area contributed by atoms with Crippen LogP contribution in [0.15, 0.2) is 21.6 Å². The van der Waals surface area contributed by atoms with E-state index in [1.807, 2.05) is 0 Å². The van der Waals surface area contributed by atoms with Gasteiger partial charge in [-0.3, -0.25) is 28.9 Å². The Kier molecular flexibility index (Phi) is 7.00. The van der Waals surface area contributed by atoms with Crippen molar-refractivity contribution in [2.24, 2.45) is 29.4 Å². The predicted octanol–water partition coefficient (Wildman–Crippen LogP) is -1.05. The molecule has 2 unspecified atom stereocenters. The summed E-state index contributed by atoms with van der Waals surface area (Å²) in [6.45, 7) is 2.64. The summed E-state index contributed by atoms with van der Waals surface area (Å²) >= 11 is 0. The minimum atomic E-state index is -4.08. The van der Waals surface area contributed by atoms with Crippen LogP contribution in [-0.4, -0.2) is 83.5 Å². The van der Waals surface area contributed by atoms with Gasteiger partial charge < -0.3 is 20.5 Å². The fraction of sp³-hybridized carbons (Fsp3) is 0.481. The molecule has 42 heavy (non-hydrogen) atoms. The van der Waals surface area contributed by atoms with Crippen LogP contribution in [0.3, 0.4) is 0 Å². The molecule has 0 bridgehead atoms. The van der Waals surface area contributed by atoms with Gasteiger partial charge in [-0.1, -0.05) is 11.2 Å². The highest BCUT2D eigenvalue weighted by atomic mass is 32.2. The number of aromatic nitrogens is 1. The van der Waals surface area contributed by atoms with E-state index in [1.165, 1.54) is 45.0 Å². The number of sulfonamides is 1. The topological polar surface area (TPSA) is 227 Å². The third-order valence-corrected chi connectivity index (χ3v) is 10.4. The number of carbonyl (C=O) groups is 5. The Balaban J connectivity index is 1.55. The fourth-order valence-corrected chi connectivity index (χ4v) is 8.27. The minimum absolute atomic E-state index is 0.00260. The number of rotatable bonds is 6. The summed E-state index contributed by atoms with van der Waals surface area (Å²) in [5, 5.41) is 26.0. The molecule has 5 rings (SSSR count). The molecule has 0 saturated heterocycles. The Labute approximate surface area is 240 Å². The van der Waals surface area contributed by atoms with Gasteiger partial charge in [0.15, 0.2) is 40.4 Å². The van der Waals surface area contributed by atoms with E-state index in [0.29, 0.717) is 11.1 Å². The molecule has 15 heteroatoms. The summed E-state index contributed by atoms with van der Waals surface area (Å²) in [7, 11) is -1.09. The van der Waals surface area contributed by atoms with Crippen molar-refractivity contribution in [3.8, 4) is 5.75 Å². The molecule has 1 aromatic heterocycles. The molecule has 14 nitrogen and oxygen atoms in total. The lowest BCUT2D eigenvalue weighted by Gasteiger charge is -2.52. The van der Waals surface area contributed by atoms with Gasteiger partial charge in [0.1, 0.15) is 16.3 Å². The van der Waals surface area contributed by atoms with Crippen molar-refractivity contribution < 1.29 is 47.1 Å². The maximum atomic E-state index is 13.9. The molecule has 224 valence electrons. The molecule has 1 heterocycles. The quantitative estimate of drug-likeness (QED) is 0.291. The van der Waals surface area contributed by atoms with Gasteiger partial charge in [0.25, 0.3) is 0 Å². The Morgan fingerprint density at radius 1 is 1.19 bits per heavy atom. The van der Waals surface area contributed by atoms with Gasteiger partial charge in [0.05, 0.1) is 17.5 Å². The highest BCUT2D eigenvalue weighted by Gasteiger charge is 2.69. The second-order valence-electron chi connectivity index (χ2n) is 11.4. The summed E-state index contributed by atoms with van der Waals surface area (Å²) in [6.07, 6.45) is -0.119. The standard InChI is InChI=1S/C27H30N4O10S/c1-10-23(11(2)41-30-10)42(39,40)29-9-12-5-6-16(32)18-14(12)7-13-8-15-20(31(3)4)22(34)19(26(28)37)25(36)27(15,38)24(35)17(13)21(18)33/h5-6,13,15,17,19-20,29,32,38H,7-9H2,1-4H3,(H2,28,37)/t13-,15-,17?,19?,20-,27-/m0/s1. The number of amides is 1. The lowest BCUT2D eigenvalue weighted by molar-refractivity contribution is -0.181. The monoisotopic (exact) mass is 602 g/mol. The SMILES string of the molecule is Cc1noc(C)c1S(=O)(=O)NCc1ccc(O)c2c1C[C@H]1C[C@H]3[C@H](N(C)C)C(=O)C(C(N)=O)C(=O)[C@@]3(O)C(=O)C1C2=O. The first kappa shape index (κ1) is 29.7. The number of benzene rings is 1. The van der Waals surface area contributed by atoms with Crippen molar-refractivity contribution in [3.63, 3.8) is 0 Å². The van der Waals surface area contributed by atoms with Crippen molar-refractivity contribution in [2.75, 3.05) is 14.1 Å². The number of phenolic OH excluding ortho intramolecular Hbond substituents is 1. The van der Waals surface area contributed by atoms with Crippen LogP contribution < -0.4 is 10.5 Å². The summed E-state index contributed by atoms with van der Waals surface area (Å²) in [5.41, 5.74) is 3.08. The summed E-state index contributed by atoms with van der Waals surface area (Å²) in [4.78, 5) is 67.6. The molecule has 2 saturated carbocycles. The number of fused-ring (bicyclic) bond motifs is 3. The number of hydrogen-bond donors (Lipinski definition) is 4. The maximum Gasteiger partial charge on any atom is 0.246 e. The highest BCUT2D eigenvalue weighted by molar-refractivity contribution is 7.89. The van der Waals surface area contributed by atoms with Gasteiger partial charge in [-0.2, -0.15) is 0 Å². The Bertz CT molecular complexity index is 1660. The molecule has 3 aliphatic carbocycles.